The summed E-state index contributed by atoms with van der Waals surface area (Å²) >= 11 is 1.36. The number of nitrogens with zero attached hydrogens (tertiary/aromatic N) is 7. The predicted octanol–water partition coefficient (Wildman–Crippen LogP) is 4.42. The van der Waals surface area contributed by atoms with Crippen molar-refractivity contribution >= 4 is 22.2 Å². The van der Waals surface area contributed by atoms with Crippen LogP contribution in [0.25, 0.3) is 16.2 Å². The molecule has 172 valence electrons. The smallest absolute Gasteiger partial charge is 0.294 e. The minimum absolute atomic E-state index is 0.0352. The lowest BCUT2D eigenvalue weighted by atomic mass is 9.92. The summed E-state index contributed by atoms with van der Waals surface area (Å²) < 4.78 is 21.8. The number of anilines is 1. The van der Waals surface area contributed by atoms with Crippen molar-refractivity contribution in [2.75, 3.05) is 18.0 Å². The molecule has 33 heavy (non-hydrogen) atoms. The summed E-state index contributed by atoms with van der Waals surface area (Å²) in [6.45, 7) is 6.08. The van der Waals surface area contributed by atoms with Crippen LogP contribution in [0.1, 0.15) is 38.7 Å². The molecule has 8 nitrogen and oxygen atoms in total. The fraction of sp³-hybridized carbons (Fsp3) is 0.435. The lowest BCUT2D eigenvalue weighted by Crippen LogP contribution is -2.39. The van der Waals surface area contributed by atoms with Crippen molar-refractivity contribution in [3.63, 3.8) is 0 Å². The Morgan fingerprint density at radius 3 is 2.70 bits per heavy atom. The molecule has 1 fully saturated rings. The van der Waals surface area contributed by atoms with Crippen LogP contribution in [0.3, 0.4) is 0 Å². The molecule has 5 heterocycles. The second kappa shape index (κ2) is 9.38. The number of rotatable bonds is 7. The molecule has 0 unspecified atom stereocenters. The van der Waals surface area contributed by atoms with E-state index in [2.05, 4.69) is 43.8 Å². The van der Waals surface area contributed by atoms with E-state index in [1.807, 2.05) is 12.4 Å². The maximum Gasteiger partial charge on any atom is 0.294 e. The number of pyridine rings is 1. The summed E-state index contributed by atoms with van der Waals surface area (Å²) in [5.74, 6) is 0.838. The lowest BCUT2D eigenvalue weighted by Gasteiger charge is -2.34. The van der Waals surface area contributed by atoms with Crippen LogP contribution in [0, 0.1) is 11.7 Å². The summed E-state index contributed by atoms with van der Waals surface area (Å²) in [5.41, 5.74) is 2.13. The zero-order valence-corrected chi connectivity index (χ0v) is 19.5. The van der Waals surface area contributed by atoms with Gasteiger partial charge < -0.3 is 9.64 Å². The zero-order valence-electron chi connectivity index (χ0n) is 18.7. The monoisotopic (exact) mass is 467 g/mol. The maximum atomic E-state index is 14.0. The molecule has 10 heteroatoms. The molecule has 1 saturated heterocycles. The van der Waals surface area contributed by atoms with Crippen molar-refractivity contribution in [3.8, 4) is 16.5 Å². The molecule has 1 aliphatic rings. The molecule has 4 aromatic heterocycles. The van der Waals surface area contributed by atoms with Gasteiger partial charge in [0.2, 0.25) is 10.9 Å². The molecule has 0 aromatic carbocycles. The molecule has 1 atom stereocenters. The third-order valence-corrected chi connectivity index (χ3v) is 6.89. The topological polar surface area (TPSA) is 81.3 Å². The van der Waals surface area contributed by atoms with Crippen molar-refractivity contribution in [2.24, 2.45) is 5.92 Å². The first-order valence-corrected chi connectivity index (χ1v) is 12.1. The Morgan fingerprint density at radius 1 is 1.21 bits per heavy atom. The molecule has 0 N–H and O–H groups in total. The van der Waals surface area contributed by atoms with E-state index in [0.29, 0.717) is 27.3 Å². The number of fused-ring (bicyclic) bond motifs is 1. The first-order chi connectivity index (χ1) is 16.1. The molecule has 1 aliphatic heterocycles. The van der Waals surface area contributed by atoms with Gasteiger partial charge in [-0.15, -0.1) is 5.10 Å². The fourth-order valence-corrected chi connectivity index (χ4v) is 5.01. The van der Waals surface area contributed by atoms with Crippen LogP contribution in [0.15, 0.2) is 37.1 Å². The normalized spacial score (nSPS) is 15.8. The van der Waals surface area contributed by atoms with Crippen molar-refractivity contribution in [1.29, 1.82) is 0 Å². The highest BCUT2D eigenvalue weighted by atomic mass is 32.1. The zero-order chi connectivity index (χ0) is 22.8. The van der Waals surface area contributed by atoms with Gasteiger partial charge >= 0.3 is 0 Å². The molecule has 0 amide bonds. The largest absolute Gasteiger partial charge is 0.466 e. The summed E-state index contributed by atoms with van der Waals surface area (Å²) in [4.78, 5) is 20.3. The Hall–Kier alpha value is -3.14. The van der Waals surface area contributed by atoms with Crippen LogP contribution in [-0.4, -0.2) is 48.7 Å². The number of aromatic nitrogens is 6. The van der Waals surface area contributed by atoms with Crippen LogP contribution in [0.5, 0.6) is 5.19 Å². The van der Waals surface area contributed by atoms with Gasteiger partial charge in [-0.2, -0.15) is 0 Å². The third-order valence-electron chi connectivity index (χ3n) is 6.08. The predicted molar refractivity (Wildman–Crippen MR) is 125 cm³/mol. The van der Waals surface area contributed by atoms with Gasteiger partial charge in [0.05, 0.1) is 18.1 Å². The SMILES string of the molecule is CCCc1cnc(N2CCC([C@H](C)Oc3nn4cc(-c5ccncc5F)nc4s3)CC2)nc1. The van der Waals surface area contributed by atoms with Gasteiger partial charge in [-0.3, -0.25) is 4.98 Å². The van der Waals surface area contributed by atoms with E-state index in [-0.39, 0.29) is 6.10 Å². The fourth-order valence-electron chi connectivity index (χ4n) is 4.20. The van der Waals surface area contributed by atoms with Crippen LogP contribution in [0.4, 0.5) is 10.3 Å². The number of hydrogen-bond acceptors (Lipinski definition) is 8. The highest BCUT2D eigenvalue weighted by Gasteiger charge is 2.27. The van der Waals surface area contributed by atoms with Crippen molar-refractivity contribution in [2.45, 2.75) is 45.6 Å². The van der Waals surface area contributed by atoms with Gasteiger partial charge in [-0.1, -0.05) is 13.3 Å². The number of ether oxygens (including phenoxy) is 1. The van der Waals surface area contributed by atoms with Crippen molar-refractivity contribution < 1.29 is 9.13 Å². The van der Waals surface area contributed by atoms with Crippen molar-refractivity contribution in [3.05, 3.63) is 48.4 Å². The number of piperidine rings is 1. The number of halogens is 1. The van der Waals surface area contributed by atoms with Gasteiger partial charge in [-0.05, 0) is 55.1 Å². The molecular weight excluding hydrogens is 441 g/mol. The second-order valence-electron chi connectivity index (χ2n) is 8.37. The molecule has 0 saturated carbocycles. The van der Waals surface area contributed by atoms with Gasteiger partial charge in [0.15, 0.2) is 5.82 Å². The van der Waals surface area contributed by atoms with Gasteiger partial charge in [0, 0.05) is 37.2 Å². The van der Waals surface area contributed by atoms with Gasteiger partial charge in [0.1, 0.15) is 6.10 Å². The number of aryl methyl sites for hydroxylation is 1. The second-order valence-corrected chi connectivity index (χ2v) is 9.28. The molecule has 4 aromatic rings. The number of imidazole rings is 1. The Morgan fingerprint density at radius 2 is 2.00 bits per heavy atom. The summed E-state index contributed by atoms with van der Waals surface area (Å²) in [7, 11) is 0. The molecule has 0 aliphatic carbocycles. The van der Waals surface area contributed by atoms with Crippen LogP contribution >= 0.6 is 11.3 Å². The molecule has 5 rings (SSSR count). The molecular formula is C23H26FN7OS. The van der Waals surface area contributed by atoms with Crippen LogP contribution < -0.4 is 9.64 Å². The Kier molecular flexibility index (Phi) is 6.17. The number of hydrogen-bond donors (Lipinski definition) is 0. The molecule has 0 radical (unpaired) electrons. The minimum atomic E-state index is -0.401. The molecule has 0 spiro atoms. The lowest BCUT2D eigenvalue weighted by molar-refractivity contribution is 0.131. The van der Waals surface area contributed by atoms with Gasteiger partial charge in [-0.25, -0.2) is 23.9 Å². The van der Waals surface area contributed by atoms with E-state index in [9.17, 15) is 4.39 Å². The first kappa shape index (κ1) is 21.7. The van der Waals surface area contributed by atoms with Gasteiger partial charge in [0.25, 0.3) is 5.19 Å². The Bertz CT molecular complexity index is 1190. The third kappa shape index (κ3) is 4.66. The first-order valence-electron chi connectivity index (χ1n) is 11.3. The van der Waals surface area contributed by atoms with E-state index in [1.165, 1.54) is 23.1 Å². The van der Waals surface area contributed by atoms with E-state index in [1.54, 1.807) is 23.0 Å². The quantitative estimate of drug-likeness (QED) is 0.398. The average Bonchev–Trinajstić information content (AvgIpc) is 3.39. The summed E-state index contributed by atoms with van der Waals surface area (Å²) in [6, 6.07) is 1.61. The Labute approximate surface area is 195 Å². The highest BCUT2D eigenvalue weighted by molar-refractivity contribution is 7.18. The summed E-state index contributed by atoms with van der Waals surface area (Å²) in [6.07, 6.45) is 12.5. The average molecular weight is 468 g/mol. The van der Waals surface area contributed by atoms with E-state index in [0.717, 1.165) is 44.7 Å². The van der Waals surface area contributed by atoms with Crippen molar-refractivity contribution in [1.82, 2.24) is 29.5 Å². The van der Waals surface area contributed by atoms with Crippen LogP contribution in [-0.2, 0) is 6.42 Å². The maximum absolute atomic E-state index is 14.0. The summed E-state index contributed by atoms with van der Waals surface area (Å²) in [5, 5.41) is 5.06. The van der Waals surface area contributed by atoms with E-state index in [4.69, 9.17) is 4.74 Å². The van der Waals surface area contributed by atoms with E-state index >= 15 is 0 Å². The minimum Gasteiger partial charge on any atom is -0.466 e. The highest BCUT2D eigenvalue weighted by Crippen LogP contribution is 2.30. The standard InChI is InChI=1S/C23H26FN7OS/c1-3-4-16-11-26-21(27-12-16)30-9-6-17(7-10-30)15(2)32-23-29-31-14-20(28-22(31)33-23)18-5-8-25-13-19(18)24/h5,8,11-15,17H,3-4,6-7,9-10H2,1-2H3/t15-/m0/s1. The Balaban J connectivity index is 1.18. The molecule has 0 bridgehead atoms. The van der Waals surface area contributed by atoms with E-state index < -0.39 is 5.82 Å². The van der Waals surface area contributed by atoms with Crippen LogP contribution in [0.2, 0.25) is 0 Å².